The maximum absolute atomic E-state index is 11.0. The fourth-order valence-electron chi connectivity index (χ4n) is 5.06. The number of benzene rings is 1. The average Bonchev–Trinajstić information content (AvgIpc) is 2.99. The number of rotatable bonds is 1. The van der Waals surface area contributed by atoms with Gasteiger partial charge in [-0.25, -0.2) is 0 Å². The lowest BCUT2D eigenvalue weighted by Crippen LogP contribution is -2.53. The van der Waals surface area contributed by atoms with Gasteiger partial charge in [0.15, 0.2) is 11.5 Å². The van der Waals surface area contributed by atoms with Crippen LogP contribution in [0.3, 0.4) is 0 Å². The molecular formula is C19H23NO4. The van der Waals surface area contributed by atoms with Gasteiger partial charge >= 0.3 is 0 Å². The number of nitrogens with zero attached hydrogens (tertiary/aromatic N) is 1. The molecule has 0 aromatic heterocycles. The lowest BCUT2D eigenvalue weighted by atomic mass is 9.71. The first kappa shape index (κ1) is 14.6. The molecule has 24 heavy (non-hydrogen) atoms. The fraction of sp³-hybridized carbons (Fsp3) is 0.579. The Bertz CT molecular complexity index is 701. The number of aliphatic hydroxyl groups excluding tert-OH is 1. The van der Waals surface area contributed by atoms with Crippen LogP contribution in [0.25, 0.3) is 0 Å². The lowest BCUT2D eigenvalue weighted by molar-refractivity contribution is 0.0130. The highest BCUT2D eigenvalue weighted by molar-refractivity contribution is 5.52. The zero-order valence-electron chi connectivity index (χ0n) is 13.9. The average molecular weight is 329 g/mol. The highest BCUT2D eigenvalue weighted by atomic mass is 16.7. The van der Waals surface area contributed by atoms with E-state index in [0.717, 1.165) is 37.4 Å². The lowest BCUT2D eigenvalue weighted by Gasteiger charge is -2.47. The van der Waals surface area contributed by atoms with Crippen molar-refractivity contribution in [2.45, 2.75) is 37.3 Å². The number of piperidine rings is 1. The summed E-state index contributed by atoms with van der Waals surface area (Å²) in [6.07, 6.45) is 4.92. The maximum atomic E-state index is 11.0. The van der Waals surface area contributed by atoms with Gasteiger partial charge in [0, 0.05) is 18.5 Å². The molecule has 5 rings (SSSR count). The van der Waals surface area contributed by atoms with Crippen molar-refractivity contribution in [3.05, 3.63) is 35.1 Å². The molecule has 0 spiro atoms. The fourth-order valence-corrected chi connectivity index (χ4v) is 5.06. The summed E-state index contributed by atoms with van der Waals surface area (Å²) in [5.74, 6) is 2.82. The first-order valence-corrected chi connectivity index (χ1v) is 8.86. The molecule has 0 bridgehead atoms. The Kier molecular flexibility index (Phi) is 3.28. The largest absolute Gasteiger partial charge is 0.499 e. The summed E-state index contributed by atoms with van der Waals surface area (Å²) in [5, 5.41) is 11.0. The van der Waals surface area contributed by atoms with E-state index in [9.17, 15) is 5.11 Å². The Hall–Kier alpha value is -1.72. The zero-order chi connectivity index (χ0) is 16.3. The van der Waals surface area contributed by atoms with Crippen LogP contribution in [0.5, 0.6) is 11.5 Å². The molecule has 4 atom stereocenters. The van der Waals surface area contributed by atoms with Gasteiger partial charge in [0.25, 0.3) is 0 Å². The van der Waals surface area contributed by atoms with Crippen LogP contribution < -0.4 is 9.47 Å². The van der Waals surface area contributed by atoms with Gasteiger partial charge in [0.1, 0.15) is 11.9 Å². The summed E-state index contributed by atoms with van der Waals surface area (Å²) >= 11 is 0. The van der Waals surface area contributed by atoms with Crippen molar-refractivity contribution in [2.24, 2.45) is 5.92 Å². The molecule has 1 N–H and O–H groups in total. The standard InChI is InChI=1S/C19H23NO4/c1-22-16-8-12-3-2-5-20-6-4-11-7-14-15(24-10-23-14)9-13(11)17(18(12)20)19(16)21/h7-9,12,17-19,21H,2-6,10H2,1H3/t12-,17+,18?,19-/m1/s1. The molecule has 0 saturated carbocycles. The first-order valence-electron chi connectivity index (χ1n) is 8.86. The summed E-state index contributed by atoms with van der Waals surface area (Å²) in [7, 11) is 1.66. The zero-order valence-corrected chi connectivity index (χ0v) is 13.9. The van der Waals surface area contributed by atoms with Crippen molar-refractivity contribution in [2.75, 3.05) is 27.0 Å². The van der Waals surface area contributed by atoms with Crippen LogP contribution in [-0.4, -0.2) is 49.1 Å². The van der Waals surface area contributed by atoms with Gasteiger partial charge in [0.2, 0.25) is 6.79 Å². The highest BCUT2D eigenvalue weighted by Gasteiger charge is 2.47. The molecule has 0 radical (unpaired) electrons. The minimum absolute atomic E-state index is 0.0299. The predicted molar refractivity (Wildman–Crippen MR) is 88.2 cm³/mol. The minimum atomic E-state index is -0.603. The van der Waals surface area contributed by atoms with Crippen molar-refractivity contribution in [1.82, 2.24) is 4.90 Å². The van der Waals surface area contributed by atoms with Crippen LogP contribution in [0, 0.1) is 5.92 Å². The van der Waals surface area contributed by atoms with E-state index in [1.807, 2.05) is 0 Å². The highest BCUT2D eigenvalue weighted by Crippen LogP contribution is 2.48. The molecule has 1 aromatic carbocycles. The van der Waals surface area contributed by atoms with Crippen LogP contribution in [0.1, 0.15) is 29.9 Å². The van der Waals surface area contributed by atoms with E-state index in [-0.39, 0.29) is 12.7 Å². The van der Waals surface area contributed by atoms with Gasteiger partial charge in [-0.1, -0.05) is 0 Å². The Morgan fingerprint density at radius 2 is 2.04 bits per heavy atom. The van der Waals surface area contributed by atoms with Crippen molar-refractivity contribution >= 4 is 0 Å². The van der Waals surface area contributed by atoms with E-state index in [1.54, 1.807) is 7.11 Å². The molecule has 0 amide bonds. The number of aliphatic hydroxyl groups is 1. The number of hydrogen-bond donors (Lipinski definition) is 1. The van der Waals surface area contributed by atoms with Crippen LogP contribution in [0.4, 0.5) is 0 Å². The second-order valence-corrected chi connectivity index (χ2v) is 7.23. The third kappa shape index (κ3) is 2.01. The Balaban J connectivity index is 1.67. The summed E-state index contributed by atoms with van der Waals surface area (Å²) in [6.45, 7) is 2.43. The van der Waals surface area contributed by atoms with Crippen LogP contribution in [0.15, 0.2) is 24.0 Å². The Labute approximate surface area is 141 Å². The predicted octanol–water partition coefficient (Wildman–Crippen LogP) is 2.04. The maximum Gasteiger partial charge on any atom is 0.231 e. The summed E-state index contributed by atoms with van der Waals surface area (Å²) in [4.78, 5) is 2.57. The molecule has 128 valence electrons. The van der Waals surface area contributed by atoms with E-state index < -0.39 is 6.10 Å². The van der Waals surface area contributed by atoms with E-state index in [1.165, 1.54) is 17.5 Å². The summed E-state index contributed by atoms with van der Waals surface area (Å²) in [5.41, 5.74) is 2.47. The molecule has 1 fully saturated rings. The first-order chi connectivity index (χ1) is 11.8. The normalized spacial score (nSPS) is 34.0. The van der Waals surface area contributed by atoms with Gasteiger partial charge in [0.05, 0.1) is 7.11 Å². The summed E-state index contributed by atoms with van der Waals surface area (Å²) < 4.78 is 16.7. The molecule has 5 heteroatoms. The number of hydrogen-bond acceptors (Lipinski definition) is 5. The Morgan fingerprint density at radius 3 is 2.88 bits per heavy atom. The van der Waals surface area contributed by atoms with Crippen LogP contribution in [-0.2, 0) is 11.2 Å². The Morgan fingerprint density at radius 1 is 1.21 bits per heavy atom. The number of methoxy groups -OCH3 is 1. The molecule has 3 heterocycles. The van der Waals surface area contributed by atoms with Gasteiger partial charge in [-0.05, 0) is 61.1 Å². The SMILES string of the molecule is COC1=C[C@H]2CCCN3CCc4cc5c(cc4[C@@H](C23)[C@@H]1O)OCO5. The monoisotopic (exact) mass is 329 g/mol. The van der Waals surface area contributed by atoms with Gasteiger partial charge < -0.3 is 19.3 Å². The molecule has 5 nitrogen and oxygen atoms in total. The minimum Gasteiger partial charge on any atom is -0.499 e. The number of ether oxygens (including phenoxy) is 3. The van der Waals surface area contributed by atoms with Crippen molar-refractivity contribution < 1.29 is 19.3 Å². The topological polar surface area (TPSA) is 51.2 Å². The van der Waals surface area contributed by atoms with E-state index >= 15 is 0 Å². The second kappa shape index (κ2) is 5.39. The van der Waals surface area contributed by atoms with Crippen molar-refractivity contribution in [1.29, 1.82) is 0 Å². The van der Waals surface area contributed by atoms with E-state index in [0.29, 0.717) is 17.7 Å². The molecule has 3 aliphatic heterocycles. The number of fused-ring (bicyclic) bond motifs is 3. The van der Waals surface area contributed by atoms with Crippen molar-refractivity contribution in [3.63, 3.8) is 0 Å². The second-order valence-electron chi connectivity index (χ2n) is 7.23. The quantitative estimate of drug-likeness (QED) is 0.854. The van der Waals surface area contributed by atoms with E-state index in [2.05, 4.69) is 23.1 Å². The molecule has 1 aliphatic carbocycles. The molecule has 1 aromatic rings. The third-order valence-electron chi connectivity index (χ3n) is 6.12. The summed E-state index contributed by atoms with van der Waals surface area (Å²) in [6, 6.07) is 4.55. The van der Waals surface area contributed by atoms with Crippen LogP contribution in [0.2, 0.25) is 0 Å². The molecule has 4 aliphatic rings. The van der Waals surface area contributed by atoms with Crippen molar-refractivity contribution in [3.8, 4) is 11.5 Å². The van der Waals surface area contributed by atoms with Gasteiger partial charge in [-0.2, -0.15) is 0 Å². The smallest absolute Gasteiger partial charge is 0.231 e. The van der Waals surface area contributed by atoms with E-state index in [4.69, 9.17) is 14.2 Å². The van der Waals surface area contributed by atoms with Gasteiger partial charge in [-0.15, -0.1) is 0 Å². The molecule has 1 unspecified atom stereocenters. The molecule has 1 saturated heterocycles. The van der Waals surface area contributed by atoms with Crippen LogP contribution >= 0.6 is 0 Å². The molecular weight excluding hydrogens is 306 g/mol. The van der Waals surface area contributed by atoms with Gasteiger partial charge in [-0.3, -0.25) is 4.90 Å². The third-order valence-corrected chi connectivity index (χ3v) is 6.12.